The lowest BCUT2D eigenvalue weighted by Gasteiger charge is -2.15. The zero-order valence-corrected chi connectivity index (χ0v) is 12.1. The van der Waals surface area contributed by atoms with Crippen molar-refractivity contribution in [2.75, 3.05) is 13.7 Å². The summed E-state index contributed by atoms with van der Waals surface area (Å²) in [5.74, 6) is -0.0835. The number of benzene rings is 1. The number of ether oxygens (including phenoxy) is 2. The van der Waals surface area contributed by atoms with Crippen molar-refractivity contribution in [3.63, 3.8) is 0 Å². The Morgan fingerprint density at radius 1 is 1.39 bits per heavy atom. The van der Waals surface area contributed by atoms with Gasteiger partial charge >= 0.3 is 5.97 Å². The first-order valence-corrected chi connectivity index (χ1v) is 6.43. The number of methoxy groups -OCH3 is 1. The van der Waals surface area contributed by atoms with Crippen molar-refractivity contribution >= 4 is 27.7 Å². The molecule has 18 heavy (non-hydrogen) atoms. The second-order valence-electron chi connectivity index (χ2n) is 3.62. The Balaban J connectivity index is 3.33. The molecule has 0 aliphatic carbocycles. The van der Waals surface area contributed by atoms with Crippen molar-refractivity contribution in [3.8, 4) is 5.75 Å². The van der Waals surface area contributed by atoms with Crippen LogP contribution in [0.25, 0.3) is 0 Å². The number of alkyl halides is 1. The molecule has 0 fully saturated rings. The van der Waals surface area contributed by atoms with Crippen LogP contribution in [0, 0.1) is 0 Å². The molecule has 0 radical (unpaired) electrons. The van der Waals surface area contributed by atoms with Crippen LogP contribution < -0.4 is 4.74 Å². The number of halogens is 1. The highest BCUT2D eigenvalue weighted by molar-refractivity contribution is 9.09. The number of carbonyl (C=O) groups excluding carboxylic acids is 2. The molecule has 4 nitrogen and oxygen atoms in total. The van der Waals surface area contributed by atoms with Crippen LogP contribution in [0.3, 0.4) is 0 Å². The predicted molar refractivity (Wildman–Crippen MR) is 71.3 cm³/mol. The first-order valence-electron chi connectivity index (χ1n) is 5.51. The quantitative estimate of drug-likeness (QED) is 0.619. The van der Waals surface area contributed by atoms with Gasteiger partial charge < -0.3 is 9.47 Å². The maximum atomic E-state index is 11.9. The molecule has 0 aromatic heterocycles. The van der Waals surface area contributed by atoms with Crippen molar-refractivity contribution in [2.24, 2.45) is 0 Å². The highest BCUT2D eigenvalue weighted by Gasteiger charge is 2.25. The number of esters is 1. The molecule has 0 aliphatic heterocycles. The van der Waals surface area contributed by atoms with E-state index in [9.17, 15) is 9.59 Å². The minimum absolute atomic E-state index is 0.106. The van der Waals surface area contributed by atoms with Crippen LogP contribution >= 0.6 is 15.9 Å². The third-order valence-electron chi connectivity index (χ3n) is 2.39. The van der Waals surface area contributed by atoms with Gasteiger partial charge in [0, 0.05) is 5.56 Å². The summed E-state index contributed by atoms with van der Waals surface area (Å²) in [6.07, 6.45) is 0. The predicted octanol–water partition coefficient (Wildman–Crippen LogP) is 2.90. The van der Waals surface area contributed by atoms with Gasteiger partial charge in [-0.3, -0.25) is 4.79 Å². The molecule has 0 spiro atoms. The van der Waals surface area contributed by atoms with E-state index in [0.29, 0.717) is 16.9 Å². The molecule has 1 rings (SSSR count). The third kappa shape index (κ3) is 3.10. The van der Waals surface area contributed by atoms with Gasteiger partial charge in [0.1, 0.15) is 16.4 Å². The van der Waals surface area contributed by atoms with E-state index in [1.54, 1.807) is 25.1 Å². The van der Waals surface area contributed by atoms with Crippen LogP contribution in [0.2, 0.25) is 0 Å². The van der Waals surface area contributed by atoms with Gasteiger partial charge in [0.25, 0.3) is 0 Å². The second-order valence-corrected chi connectivity index (χ2v) is 4.53. The Hall–Kier alpha value is -1.36. The monoisotopic (exact) mass is 314 g/mol. The van der Waals surface area contributed by atoms with E-state index in [0.717, 1.165) is 0 Å². The van der Waals surface area contributed by atoms with E-state index in [2.05, 4.69) is 15.9 Å². The molecular formula is C13H15BrO4. The fourth-order valence-electron chi connectivity index (χ4n) is 1.57. The average molecular weight is 315 g/mol. The van der Waals surface area contributed by atoms with Gasteiger partial charge in [0.05, 0.1) is 19.3 Å². The summed E-state index contributed by atoms with van der Waals surface area (Å²) in [7, 11) is 1.49. The number of ketones is 1. The van der Waals surface area contributed by atoms with Crippen LogP contribution in [0.5, 0.6) is 5.75 Å². The molecule has 1 unspecified atom stereocenters. The Labute approximate surface area is 114 Å². The molecular weight excluding hydrogens is 300 g/mol. The van der Waals surface area contributed by atoms with Crippen LogP contribution in [-0.2, 0) is 9.53 Å². The molecule has 5 heteroatoms. The summed E-state index contributed by atoms with van der Waals surface area (Å²) >= 11 is 3.27. The molecule has 0 bridgehead atoms. The first kappa shape index (κ1) is 14.7. The summed E-state index contributed by atoms with van der Waals surface area (Å²) in [6.45, 7) is 3.46. The minimum Gasteiger partial charge on any atom is -0.496 e. The van der Waals surface area contributed by atoms with Crippen LogP contribution in [0.1, 0.15) is 34.6 Å². The zero-order chi connectivity index (χ0) is 13.7. The van der Waals surface area contributed by atoms with Crippen molar-refractivity contribution in [1.29, 1.82) is 0 Å². The van der Waals surface area contributed by atoms with Gasteiger partial charge in [-0.1, -0.05) is 22.0 Å². The molecule has 1 atom stereocenters. The number of carbonyl (C=O) groups is 2. The van der Waals surface area contributed by atoms with E-state index < -0.39 is 10.8 Å². The van der Waals surface area contributed by atoms with E-state index in [1.807, 2.05) is 0 Å². The van der Waals surface area contributed by atoms with Gasteiger partial charge in [0.2, 0.25) is 0 Å². The lowest BCUT2D eigenvalue weighted by atomic mass is 10.0. The van der Waals surface area contributed by atoms with Gasteiger partial charge in [-0.15, -0.1) is 0 Å². The minimum atomic E-state index is -0.590. The molecule has 98 valence electrons. The molecule has 1 aromatic rings. The van der Waals surface area contributed by atoms with Gasteiger partial charge in [-0.2, -0.15) is 0 Å². The van der Waals surface area contributed by atoms with Crippen molar-refractivity contribution < 1.29 is 19.1 Å². The largest absolute Gasteiger partial charge is 0.496 e. The second kappa shape index (κ2) is 6.54. The highest BCUT2D eigenvalue weighted by Crippen LogP contribution is 2.35. The van der Waals surface area contributed by atoms with E-state index in [-0.39, 0.29) is 12.4 Å². The van der Waals surface area contributed by atoms with Crippen molar-refractivity contribution in [1.82, 2.24) is 0 Å². The Morgan fingerprint density at radius 2 is 2.06 bits per heavy atom. The van der Waals surface area contributed by atoms with E-state index >= 15 is 0 Å². The summed E-state index contributed by atoms with van der Waals surface area (Å²) in [5, 5.41) is 0. The van der Waals surface area contributed by atoms with Gasteiger partial charge in [0.15, 0.2) is 0 Å². The van der Waals surface area contributed by atoms with E-state index in [4.69, 9.17) is 9.47 Å². The fraction of sp³-hybridized carbons (Fsp3) is 0.385. The molecule has 0 amide bonds. The Bertz CT molecular complexity index is 456. The number of hydrogen-bond donors (Lipinski definition) is 0. The topological polar surface area (TPSA) is 52.6 Å². The molecule has 0 N–H and O–H groups in total. The first-order chi connectivity index (χ1) is 8.52. The maximum absolute atomic E-state index is 11.9. The standard InChI is InChI=1S/C13H15BrO4/c1-4-18-13(16)9-6-5-7-10(17-3)11(9)12(14)8(2)15/h5-7,12H,4H2,1-3H3. The number of hydrogen-bond acceptors (Lipinski definition) is 4. The van der Waals surface area contributed by atoms with Crippen LogP contribution in [-0.4, -0.2) is 25.5 Å². The average Bonchev–Trinajstić information content (AvgIpc) is 2.37. The SMILES string of the molecule is CCOC(=O)c1cccc(OC)c1C(Br)C(C)=O. The summed E-state index contributed by atoms with van der Waals surface area (Å²) < 4.78 is 10.2. The molecule has 0 heterocycles. The summed E-state index contributed by atoms with van der Waals surface area (Å²) in [6, 6.07) is 5.01. The smallest absolute Gasteiger partial charge is 0.338 e. The lowest BCUT2D eigenvalue weighted by molar-refractivity contribution is -0.116. The Kier molecular flexibility index (Phi) is 5.34. The van der Waals surface area contributed by atoms with Crippen molar-refractivity contribution in [3.05, 3.63) is 29.3 Å². The fourth-order valence-corrected chi connectivity index (χ4v) is 2.05. The number of Topliss-reactive ketones (excluding diaryl/α,β-unsaturated/α-hetero) is 1. The Morgan fingerprint density at radius 3 is 2.56 bits per heavy atom. The summed E-state index contributed by atoms with van der Waals surface area (Å²) in [5.41, 5.74) is 0.847. The molecule has 0 saturated heterocycles. The van der Waals surface area contributed by atoms with Gasteiger partial charge in [-0.05, 0) is 26.0 Å². The van der Waals surface area contributed by atoms with Crippen LogP contribution in [0.4, 0.5) is 0 Å². The molecule has 1 aromatic carbocycles. The summed E-state index contributed by atoms with van der Waals surface area (Å²) in [4.78, 5) is 22.8. The highest BCUT2D eigenvalue weighted by atomic mass is 79.9. The van der Waals surface area contributed by atoms with E-state index in [1.165, 1.54) is 14.0 Å². The third-order valence-corrected chi connectivity index (χ3v) is 3.49. The normalized spacial score (nSPS) is 11.8. The maximum Gasteiger partial charge on any atom is 0.338 e. The number of rotatable bonds is 5. The van der Waals surface area contributed by atoms with Crippen molar-refractivity contribution in [2.45, 2.75) is 18.7 Å². The molecule has 0 saturated carbocycles. The van der Waals surface area contributed by atoms with Crippen LogP contribution in [0.15, 0.2) is 18.2 Å². The zero-order valence-electron chi connectivity index (χ0n) is 10.5. The molecule has 0 aliphatic rings. The van der Waals surface area contributed by atoms with Gasteiger partial charge in [-0.25, -0.2) is 4.79 Å². The lowest BCUT2D eigenvalue weighted by Crippen LogP contribution is -2.13.